The maximum atomic E-state index is 13.1. The second-order valence-electron chi connectivity index (χ2n) is 9.40. The molecule has 0 fully saturated rings. The van der Waals surface area contributed by atoms with Gasteiger partial charge in [-0.05, 0) is 57.2 Å². The first-order chi connectivity index (χ1) is 16.5. The molecule has 0 aromatic heterocycles. The molecule has 188 valence electrons. The second kappa shape index (κ2) is 12.5. The summed E-state index contributed by atoms with van der Waals surface area (Å²) >= 11 is 0. The molecule has 0 spiro atoms. The number of hydrogen-bond acceptors (Lipinski definition) is 6. The molecule has 35 heavy (non-hydrogen) atoms. The zero-order valence-corrected chi connectivity index (χ0v) is 21.5. The predicted octanol–water partition coefficient (Wildman–Crippen LogP) is 5.27. The van der Waals surface area contributed by atoms with Crippen molar-refractivity contribution in [2.75, 3.05) is 7.11 Å². The molecular weight excluding hydrogens is 444 g/mol. The molecule has 2 unspecified atom stereocenters. The van der Waals surface area contributed by atoms with Crippen LogP contribution in [-0.2, 0) is 23.9 Å². The number of aryl methyl sites for hydroxylation is 2. The zero-order valence-electron chi connectivity index (χ0n) is 21.5. The minimum atomic E-state index is -0.936. The first kappa shape index (κ1) is 28.0. The molecule has 2 atom stereocenters. The van der Waals surface area contributed by atoms with E-state index >= 15 is 0 Å². The quantitative estimate of drug-likeness (QED) is 0.348. The molecule has 0 amide bonds. The van der Waals surface area contributed by atoms with Gasteiger partial charge in [-0.2, -0.15) is 0 Å². The third kappa shape index (κ3) is 7.62. The fourth-order valence-corrected chi connectivity index (χ4v) is 3.60. The fourth-order valence-electron chi connectivity index (χ4n) is 3.60. The molecule has 0 radical (unpaired) electrons. The first-order valence-corrected chi connectivity index (χ1v) is 11.8. The number of ether oxygens (including phenoxy) is 2. The van der Waals surface area contributed by atoms with Crippen LogP contribution >= 0.6 is 0 Å². The highest BCUT2D eigenvalue weighted by Crippen LogP contribution is 2.35. The van der Waals surface area contributed by atoms with E-state index in [1.165, 1.54) is 0 Å². The number of ketones is 1. The van der Waals surface area contributed by atoms with Crippen LogP contribution in [0.2, 0.25) is 0 Å². The van der Waals surface area contributed by atoms with E-state index in [2.05, 4.69) is 4.74 Å². The molecule has 0 heterocycles. The number of hydrogen-bond donors (Lipinski definition) is 1. The lowest BCUT2D eigenvalue weighted by Gasteiger charge is -2.27. The van der Waals surface area contributed by atoms with Gasteiger partial charge in [0.1, 0.15) is 0 Å². The number of methoxy groups -OCH3 is 1. The summed E-state index contributed by atoms with van der Waals surface area (Å²) in [5.74, 6) is -1.88. The number of carbonyl (C=O) groups is 3. The van der Waals surface area contributed by atoms with Crippen molar-refractivity contribution in [3.05, 3.63) is 76.4 Å². The average Bonchev–Trinajstić information content (AvgIpc) is 2.84. The van der Waals surface area contributed by atoms with Crippen molar-refractivity contribution < 1.29 is 29.0 Å². The minimum absolute atomic E-state index is 0.0897. The van der Waals surface area contributed by atoms with E-state index in [-0.39, 0.29) is 18.8 Å². The summed E-state index contributed by atoms with van der Waals surface area (Å²) < 4.78 is 10.5. The number of aliphatic hydroxyl groups excluding tert-OH is 1. The Morgan fingerprint density at radius 3 is 2.34 bits per heavy atom. The molecular formula is C29H36O6. The summed E-state index contributed by atoms with van der Waals surface area (Å²) in [4.78, 5) is 36.1. The Morgan fingerprint density at radius 1 is 1.09 bits per heavy atom. The highest BCUT2D eigenvalue weighted by atomic mass is 16.5. The number of rotatable bonds is 11. The first-order valence-electron chi connectivity index (χ1n) is 11.8. The van der Waals surface area contributed by atoms with E-state index < -0.39 is 29.4 Å². The van der Waals surface area contributed by atoms with Crippen molar-refractivity contribution in [1.29, 1.82) is 0 Å². The van der Waals surface area contributed by atoms with Gasteiger partial charge in [0.25, 0.3) is 0 Å². The topological polar surface area (TPSA) is 89.9 Å². The molecule has 0 aliphatic rings. The van der Waals surface area contributed by atoms with Gasteiger partial charge in [0.05, 0.1) is 18.6 Å². The summed E-state index contributed by atoms with van der Waals surface area (Å²) in [6, 6.07) is 13.6. The maximum absolute atomic E-state index is 13.1. The molecule has 0 saturated carbocycles. The lowest BCUT2D eigenvalue weighted by atomic mass is 9.89. The Balaban J connectivity index is 2.44. The van der Waals surface area contributed by atoms with Crippen LogP contribution in [0, 0.1) is 19.3 Å². The third-order valence-electron chi connectivity index (χ3n) is 6.17. The summed E-state index contributed by atoms with van der Waals surface area (Å²) in [7, 11) is 1.15. The van der Waals surface area contributed by atoms with Gasteiger partial charge in [-0.25, -0.2) is 4.79 Å². The van der Waals surface area contributed by atoms with E-state index in [4.69, 9.17) is 4.74 Å². The van der Waals surface area contributed by atoms with E-state index in [0.717, 1.165) is 34.9 Å². The normalized spacial score (nSPS) is 13.3. The number of carbonyl (C=O) groups excluding carboxylic acids is 3. The second-order valence-corrected chi connectivity index (χ2v) is 9.40. The lowest BCUT2D eigenvalue weighted by Crippen LogP contribution is -2.28. The number of benzene rings is 2. The highest BCUT2D eigenvalue weighted by molar-refractivity contribution is 6.33. The summed E-state index contributed by atoms with van der Waals surface area (Å²) in [5.41, 5.74) is 3.82. The van der Waals surface area contributed by atoms with Crippen LogP contribution in [0.3, 0.4) is 0 Å². The van der Waals surface area contributed by atoms with Gasteiger partial charge in [0.2, 0.25) is 5.78 Å². The summed E-state index contributed by atoms with van der Waals surface area (Å²) in [6.07, 6.45) is 2.42. The van der Waals surface area contributed by atoms with Crippen LogP contribution in [0.4, 0.5) is 0 Å². The Labute approximate surface area is 208 Å². The highest BCUT2D eigenvalue weighted by Gasteiger charge is 2.31. The van der Waals surface area contributed by atoms with Gasteiger partial charge < -0.3 is 14.6 Å². The minimum Gasteiger partial charge on any atom is -0.463 e. The predicted molar refractivity (Wildman–Crippen MR) is 136 cm³/mol. The van der Waals surface area contributed by atoms with E-state index in [1.807, 2.05) is 77.1 Å². The van der Waals surface area contributed by atoms with Crippen molar-refractivity contribution in [1.82, 2.24) is 0 Å². The van der Waals surface area contributed by atoms with Crippen LogP contribution in [0.15, 0.2) is 48.5 Å². The van der Waals surface area contributed by atoms with Crippen LogP contribution in [0.25, 0.3) is 6.08 Å². The van der Waals surface area contributed by atoms with E-state index in [1.54, 1.807) is 12.2 Å². The van der Waals surface area contributed by atoms with Gasteiger partial charge >= 0.3 is 11.9 Å². The van der Waals surface area contributed by atoms with Crippen molar-refractivity contribution in [3.63, 3.8) is 0 Å². The van der Waals surface area contributed by atoms with Gasteiger partial charge in [0, 0.05) is 12.0 Å². The molecule has 2 aromatic carbocycles. The zero-order chi connectivity index (χ0) is 26.2. The molecule has 2 rings (SSSR count). The average molecular weight is 481 g/mol. The number of Topliss-reactive ketones (excluding diaryl/α,β-unsaturated/α-hetero) is 1. The van der Waals surface area contributed by atoms with E-state index in [0.29, 0.717) is 6.42 Å². The van der Waals surface area contributed by atoms with Crippen molar-refractivity contribution >= 4 is 23.8 Å². The standard InChI is InChI=1S/C29H36O6/c1-7-29(4,5)28(33)35-26(21-11-9-8-10-12-21)24-18-19(2)17-20(3)23(24)15-13-22(30)14-16-25(31)27(32)34-6/h8-13,15,17-18,22,26,30H,7,14,16H2,1-6H3/b15-13+. The monoisotopic (exact) mass is 480 g/mol. The van der Waals surface area contributed by atoms with E-state index in [9.17, 15) is 19.5 Å². The Kier molecular flexibility index (Phi) is 9.96. The van der Waals surface area contributed by atoms with Crippen LogP contribution in [-0.4, -0.2) is 36.0 Å². The maximum Gasteiger partial charge on any atom is 0.374 e. The SMILES string of the molecule is CCC(C)(C)C(=O)OC(c1ccccc1)c1cc(C)cc(C)c1/C=C/C(O)CCC(=O)C(=O)OC. The van der Waals surface area contributed by atoms with Gasteiger partial charge in [0.15, 0.2) is 6.10 Å². The summed E-state index contributed by atoms with van der Waals surface area (Å²) in [6.45, 7) is 9.63. The number of esters is 2. The molecule has 6 nitrogen and oxygen atoms in total. The van der Waals surface area contributed by atoms with Gasteiger partial charge in [-0.1, -0.05) is 67.1 Å². The smallest absolute Gasteiger partial charge is 0.374 e. The lowest BCUT2D eigenvalue weighted by molar-refractivity contribution is -0.158. The Morgan fingerprint density at radius 2 is 1.74 bits per heavy atom. The molecule has 6 heteroatoms. The Hall–Kier alpha value is -3.25. The Bertz CT molecular complexity index is 1070. The van der Waals surface area contributed by atoms with Crippen LogP contribution in [0.1, 0.15) is 74.0 Å². The van der Waals surface area contributed by atoms with Crippen molar-refractivity contribution in [2.24, 2.45) is 5.41 Å². The largest absolute Gasteiger partial charge is 0.463 e. The van der Waals surface area contributed by atoms with Crippen molar-refractivity contribution in [3.8, 4) is 0 Å². The van der Waals surface area contributed by atoms with Gasteiger partial charge in [-0.3, -0.25) is 9.59 Å². The molecule has 2 aromatic rings. The summed E-state index contributed by atoms with van der Waals surface area (Å²) in [5, 5.41) is 10.4. The molecule has 0 aliphatic carbocycles. The molecule has 0 bridgehead atoms. The van der Waals surface area contributed by atoms with Gasteiger partial charge in [-0.15, -0.1) is 0 Å². The molecule has 1 N–H and O–H groups in total. The molecule has 0 saturated heterocycles. The fraction of sp³-hybridized carbons (Fsp3) is 0.414. The molecule has 0 aliphatic heterocycles. The number of aliphatic hydroxyl groups is 1. The van der Waals surface area contributed by atoms with Crippen molar-refractivity contribution in [2.45, 2.75) is 66.1 Å². The third-order valence-corrected chi connectivity index (χ3v) is 6.17. The van der Waals surface area contributed by atoms with Crippen LogP contribution in [0.5, 0.6) is 0 Å². The van der Waals surface area contributed by atoms with Crippen LogP contribution < -0.4 is 0 Å².